The molecule has 0 spiro atoms. The fourth-order valence-corrected chi connectivity index (χ4v) is 5.87. The summed E-state index contributed by atoms with van der Waals surface area (Å²) in [6.07, 6.45) is 4.98. The lowest BCUT2D eigenvalue weighted by Gasteiger charge is -2.30. The molecule has 6 heteroatoms. The van der Waals surface area contributed by atoms with Crippen LogP contribution in [0.2, 0.25) is 0 Å². The summed E-state index contributed by atoms with van der Waals surface area (Å²) in [4.78, 5) is 13.8. The van der Waals surface area contributed by atoms with Crippen LogP contribution in [0.3, 0.4) is 0 Å². The Kier molecular flexibility index (Phi) is 7.23. The Hall–Kier alpha value is -4.58. The molecule has 2 atom stereocenters. The summed E-state index contributed by atoms with van der Waals surface area (Å²) in [6.45, 7) is -0.112. The Bertz CT molecular complexity index is 1610. The first-order valence-corrected chi connectivity index (χ1v) is 13.7. The van der Waals surface area contributed by atoms with Crippen molar-refractivity contribution in [1.82, 2.24) is 5.01 Å². The molecule has 1 aliphatic carbocycles. The number of carbonyl (C=O) groups excluding carboxylic acids is 1. The van der Waals surface area contributed by atoms with E-state index in [2.05, 4.69) is 12.1 Å². The van der Waals surface area contributed by atoms with Crippen molar-refractivity contribution in [3.8, 4) is 17.2 Å². The number of amides is 1. The molecule has 1 amide bonds. The second-order valence-corrected chi connectivity index (χ2v) is 10.1. The molecule has 2 unspecified atom stereocenters. The number of allylic oxidation sites excluding steroid dienone is 1. The van der Waals surface area contributed by atoms with Gasteiger partial charge >= 0.3 is 0 Å². The zero-order chi connectivity index (χ0) is 27.5. The zero-order valence-electron chi connectivity index (χ0n) is 22.7. The summed E-state index contributed by atoms with van der Waals surface area (Å²) in [5.41, 5.74) is 4.03. The van der Waals surface area contributed by atoms with Gasteiger partial charge in [-0.2, -0.15) is 5.10 Å². The van der Waals surface area contributed by atoms with Crippen LogP contribution in [0, 0.1) is 5.92 Å². The number of fused-ring (bicyclic) bond motifs is 2. The molecule has 4 aromatic rings. The van der Waals surface area contributed by atoms with Crippen LogP contribution >= 0.6 is 0 Å². The number of ether oxygens (including phenoxy) is 3. The van der Waals surface area contributed by atoms with E-state index in [-0.39, 0.29) is 24.5 Å². The predicted molar refractivity (Wildman–Crippen MR) is 158 cm³/mol. The van der Waals surface area contributed by atoms with Crippen LogP contribution in [0.5, 0.6) is 17.2 Å². The van der Waals surface area contributed by atoms with Crippen molar-refractivity contribution in [3.63, 3.8) is 0 Å². The number of hydrazone groups is 1. The van der Waals surface area contributed by atoms with Crippen molar-refractivity contribution in [2.75, 3.05) is 20.8 Å². The highest BCUT2D eigenvalue weighted by molar-refractivity contribution is 6.08. The Morgan fingerprint density at radius 2 is 1.62 bits per heavy atom. The Morgan fingerprint density at radius 1 is 0.900 bits per heavy atom. The minimum Gasteiger partial charge on any atom is -0.496 e. The molecule has 0 N–H and O–H groups in total. The Balaban J connectivity index is 1.34. The van der Waals surface area contributed by atoms with Crippen LogP contribution in [0.1, 0.15) is 36.4 Å². The van der Waals surface area contributed by atoms with E-state index >= 15 is 0 Å². The average Bonchev–Trinajstić information content (AvgIpc) is 3.40. The summed E-state index contributed by atoms with van der Waals surface area (Å²) in [5.74, 6) is 2.08. The van der Waals surface area contributed by atoms with Crippen LogP contribution < -0.4 is 14.2 Å². The molecule has 2 aliphatic rings. The molecule has 40 heavy (non-hydrogen) atoms. The average molecular weight is 533 g/mol. The van der Waals surface area contributed by atoms with E-state index < -0.39 is 0 Å². The standard InChI is InChI=1S/C34H32N2O4/c1-38-30-16-7-5-12-25(30)20-26-13-9-15-29-33(26)35-36(34(29)28-14-6-8-17-31(28)39-2)32(37)22-40-27-19-18-23-10-3-4-11-24(23)21-27/h3-8,10-12,14,16-21,29,34H,9,13,15,22H2,1-2H3. The number of benzene rings is 4. The largest absolute Gasteiger partial charge is 0.496 e. The number of hydrogen-bond donors (Lipinski definition) is 0. The SMILES string of the molecule is COc1ccccc1C=C1CCCC2C1=NN(C(=O)COc1ccc3ccccc3c1)C2c1ccccc1OC. The van der Waals surface area contributed by atoms with Crippen molar-refractivity contribution in [2.24, 2.45) is 11.0 Å². The van der Waals surface area contributed by atoms with E-state index in [4.69, 9.17) is 19.3 Å². The van der Waals surface area contributed by atoms with Gasteiger partial charge in [0.2, 0.25) is 0 Å². The third-order valence-corrected chi connectivity index (χ3v) is 7.77. The van der Waals surface area contributed by atoms with Gasteiger partial charge in [0.15, 0.2) is 6.61 Å². The van der Waals surface area contributed by atoms with Crippen LogP contribution in [0.25, 0.3) is 16.8 Å². The van der Waals surface area contributed by atoms with Gasteiger partial charge in [-0.3, -0.25) is 4.79 Å². The number of methoxy groups -OCH3 is 2. The molecule has 202 valence electrons. The number of hydrogen-bond acceptors (Lipinski definition) is 5. The predicted octanol–water partition coefficient (Wildman–Crippen LogP) is 7.06. The second-order valence-electron chi connectivity index (χ2n) is 10.1. The molecule has 1 fully saturated rings. The number of para-hydroxylation sites is 2. The summed E-state index contributed by atoms with van der Waals surface area (Å²) in [7, 11) is 3.35. The molecule has 1 aliphatic heterocycles. The van der Waals surface area contributed by atoms with E-state index in [1.807, 2.05) is 84.9 Å². The van der Waals surface area contributed by atoms with Gasteiger partial charge in [0.1, 0.15) is 17.2 Å². The number of rotatable bonds is 7. The van der Waals surface area contributed by atoms with Gasteiger partial charge in [0.05, 0.1) is 26.0 Å². The van der Waals surface area contributed by atoms with Gasteiger partial charge in [0, 0.05) is 17.0 Å². The lowest BCUT2D eigenvalue weighted by atomic mass is 9.77. The lowest BCUT2D eigenvalue weighted by Crippen LogP contribution is -2.34. The maximum absolute atomic E-state index is 13.8. The first kappa shape index (κ1) is 25.7. The second kappa shape index (κ2) is 11.3. The summed E-state index contributed by atoms with van der Waals surface area (Å²) < 4.78 is 17.3. The molecule has 1 heterocycles. The number of carbonyl (C=O) groups is 1. The molecular weight excluding hydrogens is 500 g/mol. The molecular formula is C34H32N2O4. The highest BCUT2D eigenvalue weighted by atomic mass is 16.5. The fourth-order valence-electron chi connectivity index (χ4n) is 5.87. The third-order valence-electron chi connectivity index (χ3n) is 7.77. The van der Waals surface area contributed by atoms with Crippen molar-refractivity contribution >= 4 is 28.5 Å². The van der Waals surface area contributed by atoms with Crippen LogP contribution in [-0.4, -0.2) is 37.5 Å². The quantitative estimate of drug-likeness (QED) is 0.256. The van der Waals surface area contributed by atoms with Gasteiger partial charge < -0.3 is 14.2 Å². The highest BCUT2D eigenvalue weighted by Gasteiger charge is 2.44. The van der Waals surface area contributed by atoms with Crippen molar-refractivity contribution in [2.45, 2.75) is 25.3 Å². The van der Waals surface area contributed by atoms with E-state index in [0.29, 0.717) is 5.75 Å². The molecule has 0 aromatic heterocycles. The first-order valence-electron chi connectivity index (χ1n) is 13.7. The normalized spacial score (nSPS) is 19.3. The Morgan fingerprint density at radius 3 is 2.45 bits per heavy atom. The topological polar surface area (TPSA) is 60.4 Å². The van der Waals surface area contributed by atoms with Gasteiger partial charge in [0.25, 0.3) is 5.91 Å². The van der Waals surface area contributed by atoms with Crippen molar-refractivity contribution in [1.29, 1.82) is 0 Å². The first-order chi connectivity index (χ1) is 19.7. The van der Waals surface area contributed by atoms with Gasteiger partial charge in [-0.15, -0.1) is 0 Å². The van der Waals surface area contributed by atoms with E-state index in [1.165, 1.54) is 0 Å². The highest BCUT2D eigenvalue weighted by Crippen LogP contribution is 2.46. The number of nitrogens with zero attached hydrogens (tertiary/aromatic N) is 2. The zero-order valence-corrected chi connectivity index (χ0v) is 22.7. The van der Waals surface area contributed by atoms with Crippen molar-refractivity contribution < 1.29 is 19.0 Å². The maximum atomic E-state index is 13.8. The smallest absolute Gasteiger partial charge is 0.281 e. The fraction of sp³-hybridized carbons (Fsp3) is 0.235. The molecule has 0 bridgehead atoms. The summed E-state index contributed by atoms with van der Waals surface area (Å²) >= 11 is 0. The Labute approximate surface area is 234 Å². The van der Waals surface area contributed by atoms with E-state index in [9.17, 15) is 4.79 Å². The van der Waals surface area contributed by atoms with Gasteiger partial charge in [-0.25, -0.2) is 5.01 Å². The van der Waals surface area contributed by atoms with Crippen LogP contribution in [-0.2, 0) is 4.79 Å². The van der Waals surface area contributed by atoms with Crippen LogP contribution in [0.4, 0.5) is 0 Å². The van der Waals surface area contributed by atoms with E-state index in [0.717, 1.165) is 63.9 Å². The molecule has 0 saturated heterocycles. The summed E-state index contributed by atoms with van der Waals surface area (Å²) in [6, 6.07) is 29.6. The van der Waals surface area contributed by atoms with Gasteiger partial charge in [-0.1, -0.05) is 66.7 Å². The molecule has 6 rings (SSSR count). The minimum atomic E-state index is -0.278. The third kappa shape index (κ3) is 4.93. The minimum absolute atomic E-state index is 0.0515. The maximum Gasteiger partial charge on any atom is 0.281 e. The van der Waals surface area contributed by atoms with Gasteiger partial charge in [-0.05, 0) is 65.9 Å². The molecule has 6 nitrogen and oxygen atoms in total. The van der Waals surface area contributed by atoms with E-state index in [1.54, 1.807) is 19.2 Å². The van der Waals surface area contributed by atoms with Crippen LogP contribution in [0.15, 0.2) is 102 Å². The lowest BCUT2D eigenvalue weighted by molar-refractivity contribution is -0.135. The monoisotopic (exact) mass is 532 g/mol. The summed E-state index contributed by atoms with van der Waals surface area (Å²) in [5, 5.41) is 8.81. The molecule has 1 saturated carbocycles. The van der Waals surface area contributed by atoms with Crippen molar-refractivity contribution in [3.05, 3.63) is 108 Å². The molecule has 0 radical (unpaired) electrons. The molecule has 4 aromatic carbocycles.